The molecule has 0 aliphatic carbocycles. The minimum Gasteiger partial charge on any atom is -0.457 e. The monoisotopic (exact) mass is 909 g/mol. The van der Waals surface area contributed by atoms with Gasteiger partial charge in [0.2, 0.25) is 0 Å². The normalized spacial score (nSPS) is 11.7. The summed E-state index contributed by atoms with van der Waals surface area (Å²) in [5.41, 5.74) is 51.4. The highest BCUT2D eigenvalue weighted by Crippen LogP contribution is 2.39. The lowest BCUT2D eigenvalue weighted by Gasteiger charge is -2.33. The van der Waals surface area contributed by atoms with E-state index in [1.165, 1.54) is 230 Å². The third kappa shape index (κ3) is 7.09. The second kappa shape index (κ2) is 18.3. The molecule has 73 heavy (non-hydrogen) atoms. The van der Waals surface area contributed by atoms with E-state index in [-0.39, 0.29) is 0 Å². The Labute approximate surface area is 461 Å². The molecule has 29 heteroatoms. The van der Waals surface area contributed by atoms with Crippen LogP contribution in [0.15, 0.2) is 4.42 Å². The predicted molar refractivity (Wildman–Crippen MR) is 419 cm³/mol. The van der Waals surface area contributed by atoms with E-state index in [4.69, 9.17) is 4.42 Å². The van der Waals surface area contributed by atoms with Crippen molar-refractivity contribution in [2.75, 3.05) is 0 Å². The van der Waals surface area contributed by atoms with Crippen molar-refractivity contribution in [2.24, 2.45) is 0 Å². The zero-order chi connectivity index (χ0) is 54.1. The van der Waals surface area contributed by atoms with Crippen LogP contribution in [0, 0.1) is 0 Å². The average Bonchev–Trinajstić information content (AvgIpc) is 3.76. The molecular formula is C44H56B28O. The van der Waals surface area contributed by atoms with Crippen LogP contribution in [0.1, 0.15) is 0 Å². The van der Waals surface area contributed by atoms with Crippen LogP contribution in [-0.2, 0) is 0 Å². The Balaban J connectivity index is 1.54. The highest BCUT2D eigenvalue weighted by atomic mass is 16.3. The van der Waals surface area contributed by atoms with Crippen molar-refractivity contribution in [2.45, 2.75) is 0 Å². The molecule has 0 atom stereocenters. The highest BCUT2D eigenvalue weighted by Gasteiger charge is 2.32. The molecule has 9 rings (SSSR count). The van der Waals surface area contributed by atoms with Gasteiger partial charge in [0.1, 0.15) is 231 Å². The summed E-state index contributed by atoms with van der Waals surface area (Å²) in [5, 5.41) is 8.17. The van der Waals surface area contributed by atoms with Crippen molar-refractivity contribution in [1.29, 1.82) is 0 Å². The highest BCUT2D eigenvalue weighted by molar-refractivity contribution is 6.77. The van der Waals surface area contributed by atoms with Gasteiger partial charge in [0, 0.05) is 10.8 Å². The van der Waals surface area contributed by atoms with Crippen molar-refractivity contribution in [3.63, 3.8) is 0 Å². The topological polar surface area (TPSA) is 13.1 Å². The molecule has 0 unspecified atom stereocenters. The summed E-state index contributed by atoms with van der Waals surface area (Å²) in [4.78, 5) is 0. The van der Waals surface area contributed by atoms with Crippen LogP contribution in [-0.4, -0.2) is 220 Å². The molecule has 1 heterocycles. The van der Waals surface area contributed by atoms with Crippen molar-refractivity contribution in [1.82, 2.24) is 0 Å². The van der Waals surface area contributed by atoms with Gasteiger partial charge in [-0.3, -0.25) is 0 Å². The number of rotatable bonds is 4. The lowest BCUT2D eigenvalue weighted by Crippen LogP contribution is -2.57. The standard InChI is InChI=1S/C44H56B28O/c45-15-9(25(55)30(60)26(56)12(15)13-27(57)35(65)39(69)36(66)28(13)58)1-3-5(18(48)33(63)31(61)16(3)46)2(6-4(1)17(47)32(62)34(64)19(6)49)10-21(51)23(53)11(24(54)22(10)52)7-8-14-29(59)37(67)40(70)42(72)44(14)73-43(8)41(71)38(68)20(7)50/h45-72H2. The lowest BCUT2D eigenvalue weighted by molar-refractivity contribution is 0.675. The molecule has 0 saturated heterocycles. The van der Waals surface area contributed by atoms with E-state index >= 15 is 0 Å². The van der Waals surface area contributed by atoms with E-state index in [1.54, 1.807) is 0 Å². The van der Waals surface area contributed by atoms with Crippen LogP contribution in [0.2, 0.25) is 0 Å². The van der Waals surface area contributed by atoms with Gasteiger partial charge < -0.3 is 4.42 Å². The van der Waals surface area contributed by atoms with Gasteiger partial charge in [-0.05, 0) is 66.1 Å². The SMILES string of the molecule is Bc1c(B)c(B)c(-c2c(B)c(B)c(B)c(-c3c4c(B)c(B)c(B)c(B)c4c(-c4c(B)c(B)c(-c5c(B)c(B)c(B)c6oc7c(B)c(B)c(B)c(B)c7c56)c(B)c4B)c4c(B)c(B)c(B)c(B)c34)c2B)c(B)c1B. The fraction of sp³-hybridized carbons (Fsp3) is 0. The molecule has 0 amide bonds. The van der Waals surface area contributed by atoms with Crippen LogP contribution >= 0.6 is 0 Å². The van der Waals surface area contributed by atoms with Crippen LogP contribution in [0.5, 0.6) is 0 Å². The van der Waals surface area contributed by atoms with Crippen LogP contribution in [0.25, 0.3) is 88.0 Å². The summed E-state index contributed by atoms with van der Waals surface area (Å²) in [7, 11) is 66.2. The molecule has 0 aliphatic rings. The third-order valence-electron chi connectivity index (χ3n) is 21.0. The van der Waals surface area contributed by atoms with Gasteiger partial charge in [-0.15, -0.1) is 49.2 Å². The Morgan fingerprint density at radius 2 is 0.301 bits per heavy atom. The zero-order valence-corrected chi connectivity index (χ0v) is 50.4. The minimum atomic E-state index is 1.03. The maximum absolute atomic E-state index is 7.09. The summed E-state index contributed by atoms with van der Waals surface area (Å²) in [5.74, 6) is 0. The number of hydrogen-bond acceptors (Lipinski definition) is 1. The fourth-order valence-corrected chi connectivity index (χ4v) is 14.3. The maximum atomic E-state index is 7.09. The number of hydrogen-bond donors (Lipinski definition) is 0. The van der Waals surface area contributed by atoms with E-state index in [0.717, 1.165) is 11.2 Å². The summed E-state index contributed by atoms with van der Waals surface area (Å²) in [6.45, 7) is 0. The van der Waals surface area contributed by atoms with Crippen LogP contribution < -0.4 is 153 Å². The summed E-state index contributed by atoms with van der Waals surface area (Å²) < 4.78 is 7.09. The molecule has 0 N–H and O–H groups in total. The van der Waals surface area contributed by atoms with E-state index in [1.807, 2.05) is 0 Å². The number of benzene rings is 8. The smallest absolute Gasteiger partial charge is 0.143 e. The van der Waals surface area contributed by atoms with Crippen molar-refractivity contribution < 1.29 is 4.42 Å². The Morgan fingerprint density at radius 1 is 0.123 bits per heavy atom. The Bertz CT molecular complexity index is 3980. The average molecular weight is 904 g/mol. The predicted octanol–water partition coefficient (Wildman–Crippen LogP) is -36.2. The van der Waals surface area contributed by atoms with Gasteiger partial charge >= 0.3 is 0 Å². The molecule has 0 spiro atoms. The lowest BCUT2D eigenvalue weighted by atomic mass is 9.54. The number of fused-ring (bicyclic) bond motifs is 5. The van der Waals surface area contributed by atoms with Crippen LogP contribution in [0.4, 0.5) is 0 Å². The quantitative estimate of drug-likeness (QED) is 0.127. The summed E-state index contributed by atoms with van der Waals surface area (Å²) >= 11 is 0. The molecule has 9 aromatic rings. The third-order valence-corrected chi connectivity index (χ3v) is 21.0. The number of furan rings is 1. The molecule has 0 bridgehead atoms. The van der Waals surface area contributed by atoms with Gasteiger partial charge in [0.05, 0.1) is 0 Å². The molecule has 0 radical (unpaired) electrons. The molecule has 0 saturated carbocycles. The summed E-state index contributed by atoms with van der Waals surface area (Å²) in [6.07, 6.45) is 0. The van der Waals surface area contributed by atoms with E-state index in [9.17, 15) is 0 Å². The minimum absolute atomic E-state index is 1.03. The first-order valence-corrected chi connectivity index (χ1v) is 27.2. The van der Waals surface area contributed by atoms with E-state index in [2.05, 4.69) is 220 Å². The molecule has 0 fully saturated rings. The van der Waals surface area contributed by atoms with Crippen molar-refractivity contribution in [3.05, 3.63) is 0 Å². The first-order chi connectivity index (χ1) is 34.0. The zero-order valence-electron chi connectivity index (χ0n) is 50.4. The second-order valence-corrected chi connectivity index (χ2v) is 23.5. The van der Waals surface area contributed by atoms with Crippen molar-refractivity contribution >= 4 is 416 Å². The van der Waals surface area contributed by atoms with E-state index in [0.29, 0.717) is 0 Å². The largest absolute Gasteiger partial charge is 0.457 e. The second-order valence-electron chi connectivity index (χ2n) is 23.5. The molecule has 1 aromatic heterocycles. The van der Waals surface area contributed by atoms with Crippen LogP contribution in [0.3, 0.4) is 0 Å². The summed E-state index contributed by atoms with van der Waals surface area (Å²) in [6, 6.07) is 0. The molecule has 8 aromatic carbocycles. The first-order valence-electron chi connectivity index (χ1n) is 27.2. The molecule has 1 nitrogen and oxygen atoms in total. The van der Waals surface area contributed by atoms with Gasteiger partial charge in [-0.1, -0.05) is 104 Å². The van der Waals surface area contributed by atoms with Crippen molar-refractivity contribution in [3.8, 4) is 44.5 Å². The molecule has 322 valence electrons. The fourth-order valence-electron chi connectivity index (χ4n) is 14.3. The Hall–Kier alpha value is -4.10. The first kappa shape index (κ1) is 53.7. The van der Waals surface area contributed by atoms with Gasteiger partial charge in [-0.2, -0.15) is 0 Å². The molecular weight excluding hydrogens is 847 g/mol. The molecule has 0 aliphatic heterocycles. The van der Waals surface area contributed by atoms with Gasteiger partial charge in [-0.25, -0.2) is 0 Å². The van der Waals surface area contributed by atoms with Gasteiger partial charge in [0.25, 0.3) is 0 Å². The maximum Gasteiger partial charge on any atom is 0.143 e. The Kier molecular flexibility index (Phi) is 13.5. The Morgan fingerprint density at radius 3 is 0.658 bits per heavy atom. The van der Waals surface area contributed by atoms with Gasteiger partial charge in [0.15, 0.2) is 0 Å². The van der Waals surface area contributed by atoms with E-state index < -0.39 is 0 Å².